The minimum Gasteiger partial charge on any atom is -0.497 e. The number of carbonyl (C=O) groups excluding carboxylic acids is 2. The Labute approximate surface area is 122 Å². The van der Waals surface area contributed by atoms with Crippen molar-refractivity contribution in [3.05, 3.63) is 18.2 Å². The van der Waals surface area contributed by atoms with E-state index < -0.39 is 0 Å². The predicted octanol–water partition coefficient (Wildman–Crippen LogP) is 2.09. The van der Waals surface area contributed by atoms with Gasteiger partial charge < -0.3 is 9.47 Å². The number of hydrogen-bond donors (Lipinski definition) is 0. The van der Waals surface area contributed by atoms with Crippen LogP contribution in [0.5, 0.6) is 11.5 Å². The van der Waals surface area contributed by atoms with Gasteiger partial charge in [0.2, 0.25) is 11.8 Å². The van der Waals surface area contributed by atoms with Gasteiger partial charge >= 0.3 is 0 Å². The number of hydrogen-bond acceptors (Lipinski definition) is 5. The molecule has 1 heterocycles. The number of carbonyl (C=O) groups is 2. The van der Waals surface area contributed by atoms with Gasteiger partial charge in [0.05, 0.1) is 25.2 Å². The number of benzene rings is 1. The van der Waals surface area contributed by atoms with E-state index in [9.17, 15) is 9.59 Å². The van der Waals surface area contributed by atoms with Crippen LogP contribution in [0.3, 0.4) is 0 Å². The van der Waals surface area contributed by atoms with Gasteiger partial charge in [-0.05, 0) is 17.9 Å². The second-order valence-electron chi connectivity index (χ2n) is 4.25. The van der Waals surface area contributed by atoms with E-state index >= 15 is 0 Å². The standard InChI is InChI=1S/C14H17NO4S/c1-4-20-12-8-13(16)15(14(12)17)10-6-5-9(18-2)7-11(10)19-3/h5-7,12H,4,8H2,1-3H3/t12-/m1/s1. The summed E-state index contributed by atoms with van der Waals surface area (Å²) >= 11 is 1.49. The Hall–Kier alpha value is -1.69. The van der Waals surface area contributed by atoms with Crippen molar-refractivity contribution in [2.45, 2.75) is 18.6 Å². The van der Waals surface area contributed by atoms with E-state index in [-0.39, 0.29) is 23.5 Å². The summed E-state index contributed by atoms with van der Waals surface area (Å²) in [6.45, 7) is 1.97. The van der Waals surface area contributed by atoms with Crippen molar-refractivity contribution in [3.63, 3.8) is 0 Å². The Morgan fingerprint density at radius 2 is 2.05 bits per heavy atom. The van der Waals surface area contributed by atoms with E-state index in [0.29, 0.717) is 17.2 Å². The minimum atomic E-state index is -0.292. The maximum Gasteiger partial charge on any atom is 0.247 e. The summed E-state index contributed by atoms with van der Waals surface area (Å²) in [7, 11) is 3.05. The molecule has 1 atom stereocenters. The number of ether oxygens (including phenoxy) is 2. The first kappa shape index (κ1) is 14.7. The summed E-state index contributed by atoms with van der Waals surface area (Å²) in [6.07, 6.45) is 0.243. The van der Waals surface area contributed by atoms with Crippen LogP contribution in [-0.2, 0) is 9.59 Å². The molecular weight excluding hydrogens is 278 g/mol. The lowest BCUT2D eigenvalue weighted by molar-refractivity contribution is -0.121. The third-order valence-corrected chi connectivity index (χ3v) is 4.20. The number of rotatable bonds is 5. The summed E-state index contributed by atoms with van der Waals surface area (Å²) in [6, 6.07) is 5.04. The summed E-state index contributed by atoms with van der Waals surface area (Å²) in [4.78, 5) is 25.6. The fraction of sp³-hybridized carbons (Fsp3) is 0.429. The number of nitrogens with zero attached hydrogens (tertiary/aromatic N) is 1. The van der Waals surface area contributed by atoms with Gasteiger partial charge in [-0.15, -0.1) is 11.8 Å². The van der Waals surface area contributed by atoms with Gasteiger partial charge in [-0.2, -0.15) is 0 Å². The van der Waals surface area contributed by atoms with Crippen LogP contribution in [0.4, 0.5) is 5.69 Å². The molecule has 0 saturated carbocycles. The van der Waals surface area contributed by atoms with Crippen molar-refractivity contribution in [3.8, 4) is 11.5 Å². The van der Waals surface area contributed by atoms with Crippen molar-refractivity contribution in [2.24, 2.45) is 0 Å². The number of thioether (sulfide) groups is 1. The molecule has 1 aliphatic heterocycles. The molecule has 20 heavy (non-hydrogen) atoms. The highest BCUT2D eigenvalue weighted by Gasteiger charge is 2.40. The Morgan fingerprint density at radius 1 is 1.30 bits per heavy atom. The molecule has 0 radical (unpaired) electrons. The minimum absolute atomic E-state index is 0.176. The SMILES string of the molecule is CCS[C@@H]1CC(=O)N(c2ccc(OC)cc2OC)C1=O. The highest BCUT2D eigenvalue weighted by molar-refractivity contribution is 8.00. The second-order valence-corrected chi connectivity index (χ2v) is 5.73. The van der Waals surface area contributed by atoms with E-state index in [0.717, 1.165) is 5.75 Å². The molecule has 2 rings (SSSR count). The quantitative estimate of drug-likeness (QED) is 0.779. The first-order valence-electron chi connectivity index (χ1n) is 6.32. The lowest BCUT2D eigenvalue weighted by Crippen LogP contribution is -2.31. The van der Waals surface area contributed by atoms with Crippen LogP contribution in [0.2, 0.25) is 0 Å². The molecule has 5 nitrogen and oxygen atoms in total. The van der Waals surface area contributed by atoms with Crippen LogP contribution >= 0.6 is 11.8 Å². The Bertz CT molecular complexity index is 532. The van der Waals surface area contributed by atoms with E-state index in [1.807, 2.05) is 6.92 Å². The molecule has 1 aromatic carbocycles. The van der Waals surface area contributed by atoms with Gasteiger partial charge in [0.15, 0.2) is 0 Å². The molecule has 0 aromatic heterocycles. The van der Waals surface area contributed by atoms with Crippen LogP contribution in [0, 0.1) is 0 Å². The molecule has 6 heteroatoms. The molecule has 0 spiro atoms. The van der Waals surface area contributed by atoms with Crippen molar-refractivity contribution in [1.82, 2.24) is 0 Å². The van der Waals surface area contributed by atoms with Crippen LogP contribution in [0.25, 0.3) is 0 Å². The van der Waals surface area contributed by atoms with Crippen molar-refractivity contribution in [1.29, 1.82) is 0 Å². The molecular formula is C14H17NO4S. The molecule has 1 aromatic rings. The fourth-order valence-electron chi connectivity index (χ4n) is 2.16. The first-order chi connectivity index (χ1) is 9.62. The van der Waals surface area contributed by atoms with Crippen LogP contribution in [-0.4, -0.2) is 37.0 Å². The predicted molar refractivity (Wildman–Crippen MR) is 78.6 cm³/mol. The Kier molecular flexibility index (Phi) is 4.54. The molecule has 0 aliphatic carbocycles. The van der Waals surface area contributed by atoms with E-state index in [4.69, 9.17) is 9.47 Å². The smallest absolute Gasteiger partial charge is 0.247 e. The zero-order chi connectivity index (χ0) is 14.7. The van der Waals surface area contributed by atoms with Crippen LogP contribution in [0.15, 0.2) is 18.2 Å². The van der Waals surface area contributed by atoms with Gasteiger partial charge in [-0.25, -0.2) is 4.90 Å². The van der Waals surface area contributed by atoms with E-state index in [1.54, 1.807) is 25.3 Å². The molecule has 0 N–H and O–H groups in total. The number of methoxy groups -OCH3 is 2. The largest absolute Gasteiger partial charge is 0.497 e. The number of amides is 2. The van der Waals surface area contributed by atoms with Gasteiger partial charge in [0.1, 0.15) is 11.5 Å². The third kappa shape index (κ3) is 2.60. The number of anilines is 1. The van der Waals surface area contributed by atoms with Gasteiger partial charge in [0, 0.05) is 12.5 Å². The molecule has 108 valence electrons. The average Bonchev–Trinajstić information content (AvgIpc) is 2.73. The summed E-state index contributed by atoms with van der Waals surface area (Å²) < 4.78 is 10.4. The van der Waals surface area contributed by atoms with Crippen LogP contribution in [0.1, 0.15) is 13.3 Å². The average molecular weight is 295 g/mol. The molecule has 1 saturated heterocycles. The Morgan fingerprint density at radius 3 is 2.65 bits per heavy atom. The van der Waals surface area contributed by atoms with Crippen molar-refractivity contribution < 1.29 is 19.1 Å². The monoisotopic (exact) mass is 295 g/mol. The maximum atomic E-state index is 12.3. The topological polar surface area (TPSA) is 55.8 Å². The molecule has 2 amide bonds. The number of imide groups is 1. The first-order valence-corrected chi connectivity index (χ1v) is 7.37. The normalized spacial score (nSPS) is 18.6. The lowest BCUT2D eigenvalue weighted by atomic mass is 10.2. The lowest BCUT2D eigenvalue weighted by Gasteiger charge is -2.18. The third-order valence-electron chi connectivity index (χ3n) is 3.10. The second kappa shape index (κ2) is 6.17. The fourth-order valence-corrected chi connectivity index (χ4v) is 3.07. The van der Waals surface area contributed by atoms with Crippen LogP contribution < -0.4 is 14.4 Å². The maximum absolute atomic E-state index is 12.3. The van der Waals surface area contributed by atoms with Gasteiger partial charge in [-0.1, -0.05) is 6.92 Å². The van der Waals surface area contributed by atoms with Gasteiger partial charge in [0.25, 0.3) is 0 Å². The summed E-state index contributed by atoms with van der Waals surface area (Å²) in [5.41, 5.74) is 0.475. The molecule has 1 fully saturated rings. The zero-order valence-electron chi connectivity index (χ0n) is 11.7. The van der Waals surface area contributed by atoms with E-state index in [1.165, 1.54) is 23.8 Å². The van der Waals surface area contributed by atoms with Gasteiger partial charge in [-0.3, -0.25) is 9.59 Å². The highest BCUT2D eigenvalue weighted by atomic mass is 32.2. The highest BCUT2D eigenvalue weighted by Crippen LogP contribution is 2.37. The van der Waals surface area contributed by atoms with Crippen molar-refractivity contribution in [2.75, 3.05) is 24.9 Å². The molecule has 0 unspecified atom stereocenters. The zero-order valence-corrected chi connectivity index (χ0v) is 12.5. The molecule has 1 aliphatic rings. The van der Waals surface area contributed by atoms with E-state index in [2.05, 4.69) is 0 Å². The van der Waals surface area contributed by atoms with Crippen molar-refractivity contribution >= 4 is 29.3 Å². The molecule has 0 bridgehead atoms. The summed E-state index contributed by atoms with van der Waals surface area (Å²) in [5.74, 6) is 1.50. The summed E-state index contributed by atoms with van der Waals surface area (Å²) in [5, 5.41) is -0.292. The Balaban J connectivity index is 2.36.